The van der Waals surface area contributed by atoms with E-state index in [0.29, 0.717) is 0 Å². The van der Waals surface area contributed by atoms with Crippen molar-refractivity contribution in [2.45, 2.75) is 30.5 Å². The van der Waals surface area contributed by atoms with Crippen molar-refractivity contribution < 1.29 is 25.2 Å². The van der Waals surface area contributed by atoms with Crippen molar-refractivity contribution in [1.82, 2.24) is 0 Å². The van der Waals surface area contributed by atoms with Crippen LogP contribution in [0.4, 0.5) is 0 Å². The maximum Gasteiger partial charge on any atom is 0.111 e. The maximum absolute atomic E-state index is 9.20. The Morgan fingerprint density at radius 3 is 2.17 bits per heavy atom. The van der Waals surface area contributed by atoms with Gasteiger partial charge in [0, 0.05) is 0 Å². The molecule has 4 N–H and O–H groups in total. The normalized spacial score (nSPS) is 49.2. The zero-order valence-corrected chi connectivity index (χ0v) is 6.50. The molecule has 1 aliphatic heterocycles. The van der Waals surface area contributed by atoms with Crippen molar-refractivity contribution in [1.29, 1.82) is 0 Å². The second kappa shape index (κ2) is 3.68. The van der Waals surface area contributed by atoms with Crippen molar-refractivity contribution in [3.63, 3.8) is 0 Å². The van der Waals surface area contributed by atoms with Gasteiger partial charge in [-0.25, -0.2) is 0 Å². The summed E-state index contributed by atoms with van der Waals surface area (Å²) >= 11 is 0. The van der Waals surface area contributed by atoms with Crippen LogP contribution in [0.1, 0.15) is 0 Å². The molecule has 0 spiro atoms. The molecule has 0 aromatic rings. The van der Waals surface area contributed by atoms with Crippen LogP contribution in [0.5, 0.6) is 0 Å². The highest BCUT2D eigenvalue weighted by molar-refractivity contribution is 4.92. The summed E-state index contributed by atoms with van der Waals surface area (Å²) in [5.41, 5.74) is 0. The van der Waals surface area contributed by atoms with Crippen LogP contribution in [0.15, 0.2) is 0 Å². The Balaban J connectivity index is 2.63. The summed E-state index contributed by atoms with van der Waals surface area (Å²) in [5.74, 6) is 0. The second-order valence-electron chi connectivity index (χ2n) is 2.87. The van der Waals surface area contributed by atoms with E-state index >= 15 is 0 Å². The van der Waals surface area contributed by atoms with E-state index in [1.54, 1.807) is 0 Å². The molecule has 0 aliphatic carbocycles. The Labute approximate surface area is 70.2 Å². The lowest BCUT2D eigenvalue weighted by atomic mass is 9.96. The Kier molecular flexibility index (Phi) is 3.03. The Morgan fingerprint density at radius 1 is 1.08 bits per heavy atom. The van der Waals surface area contributed by atoms with E-state index < -0.39 is 37.1 Å². The summed E-state index contributed by atoms with van der Waals surface area (Å²) in [6.45, 7) is 3.00. The summed E-state index contributed by atoms with van der Waals surface area (Å²) in [4.78, 5) is 0. The SMILES string of the molecule is [CH2]C1O[C@H](CO)[C@@H](O)[C@H](O)[C@H]1O. The Hall–Kier alpha value is -0.200. The van der Waals surface area contributed by atoms with E-state index in [-0.39, 0.29) is 0 Å². The van der Waals surface area contributed by atoms with Gasteiger partial charge in [0.05, 0.1) is 12.7 Å². The summed E-state index contributed by atoms with van der Waals surface area (Å²) in [6, 6.07) is 0. The van der Waals surface area contributed by atoms with Gasteiger partial charge in [-0.05, 0) is 6.92 Å². The first-order chi connectivity index (χ1) is 5.57. The molecule has 12 heavy (non-hydrogen) atoms. The largest absolute Gasteiger partial charge is 0.394 e. The molecule has 1 saturated heterocycles. The molecule has 1 radical (unpaired) electrons. The standard InChI is InChI=1S/C7H13O5/c1-3-5(9)7(11)6(10)4(2-8)12-3/h3-11H,1-2H2/t3?,4-,5+,6-,7-/m1/s1. The molecule has 1 rings (SSSR count). The van der Waals surface area contributed by atoms with Crippen LogP contribution in [0.25, 0.3) is 0 Å². The number of hydrogen-bond donors (Lipinski definition) is 4. The molecule has 0 bridgehead atoms. The third-order valence-electron chi connectivity index (χ3n) is 1.99. The van der Waals surface area contributed by atoms with Crippen LogP contribution in [0.2, 0.25) is 0 Å². The zero-order valence-electron chi connectivity index (χ0n) is 6.50. The van der Waals surface area contributed by atoms with Crippen LogP contribution >= 0.6 is 0 Å². The molecule has 5 heteroatoms. The van der Waals surface area contributed by atoms with Crippen molar-refractivity contribution in [2.75, 3.05) is 6.61 Å². The van der Waals surface area contributed by atoms with Crippen molar-refractivity contribution in [3.8, 4) is 0 Å². The number of ether oxygens (including phenoxy) is 1. The average Bonchev–Trinajstić information content (AvgIpc) is 2.08. The van der Waals surface area contributed by atoms with Gasteiger partial charge in [-0.2, -0.15) is 0 Å². The number of aliphatic hydroxyl groups is 4. The first kappa shape index (κ1) is 9.88. The topological polar surface area (TPSA) is 90.2 Å². The molecule has 1 fully saturated rings. The van der Waals surface area contributed by atoms with Crippen LogP contribution in [-0.4, -0.2) is 57.6 Å². The van der Waals surface area contributed by atoms with E-state index in [1.807, 2.05) is 0 Å². The van der Waals surface area contributed by atoms with E-state index in [4.69, 9.17) is 14.9 Å². The average molecular weight is 177 g/mol. The minimum atomic E-state index is -1.31. The molecular weight excluding hydrogens is 164 g/mol. The smallest absolute Gasteiger partial charge is 0.111 e. The summed E-state index contributed by atoms with van der Waals surface area (Å²) in [5, 5.41) is 36.2. The lowest BCUT2D eigenvalue weighted by molar-refractivity contribution is -0.217. The first-order valence-electron chi connectivity index (χ1n) is 3.71. The van der Waals surface area contributed by atoms with E-state index in [9.17, 15) is 10.2 Å². The van der Waals surface area contributed by atoms with Gasteiger partial charge < -0.3 is 25.2 Å². The van der Waals surface area contributed by atoms with Gasteiger partial charge in [0.25, 0.3) is 0 Å². The highest BCUT2D eigenvalue weighted by Gasteiger charge is 2.41. The van der Waals surface area contributed by atoms with Crippen molar-refractivity contribution >= 4 is 0 Å². The number of aliphatic hydroxyl groups excluding tert-OH is 4. The van der Waals surface area contributed by atoms with Gasteiger partial charge in [-0.3, -0.25) is 0 Å². The minimum Gasteiger partial charge on any atom is -0.394 e. The molecule has 1 heterocycles. The highest BCUT2D eigenvalue weighted by atomic mass is 16.5. The van der Waals surface area contributed by atoms with Gasteiger partial charge >= 0.3 is 0 Å². The quantitative estimate of drug-likeness (QED) is 0.360. The molecule has 71 valence electrons. The molecule has 0 amide bonds. The van der Waals surface area contributed by atoms with Crippen molar-refractivity contribution in [2.24, 2.45) is 0 Å². The third kappa shape index (κ3) is 1.60. The fraction of sp³-hybridized carbons (Fsp3) is 0.857. The number of rotatable bonds is 1. The summed E-state index contributed by atoms with van der Waals surface area (Å²) in [7, 11) is 0. The fourth-order valence-electron chi connectivity index (χ4n) is 1.18. The van der Waals surface area contributed by atoms with Crippen LogP contribution in [0.3, 0.4) is 0 Å². The molecule has 5 atom stereocenters. The maximum atomic E-state index is 9.20. The van der Waals surface area contributed by atoms with E-state index in [0.717, 1.165) is 0 Å². The molecule has 0 saturated carbocycles. The predicted octanol–water partition coefficient (Wildman–Crippen LogP) is -2.34. The highest BCUT2D eigenvalue weighted by Crippen LogP contribution is 2.19. The molecular formula is C7H13O5. The first-order valence-corrected chi connectivity index (χ1v) is 3.71. The summed E-state index contributed by atoms with van der Waals surface area (Å²) in [6.07, 6.45) is -5.46. The molecule has 0 aromatic heterocycles. The van der Waals surface area contributed by atoms with Gasteiger partial charge in [-0.15, -0.1) is 0 Å². The molecule has 5 nitrogen and oxygen atoms in total. The zero-order chi connectivity index (χ0) is 9.30. The molecule has 0 aromatic carbocycles. The fourth-order valence-corrected chi connectivity index (χ4v) is 1.18. The summed E-state index contributed by atoms with van der Waals surface area (Å²) < 4.78 is 4.91. The van der Waals surface area contributed by atoms with Crippen molar-refractivity contribution in [3.05, 3.63) is 6.92 Å². The van der Waals surface area contributed by atoms with Gasteiger partial charge in [0.2, 0.25) is 0 Å². The van der Waals surface area contributed by atoms with Gasteiger partial charge in [0.1, 0.15) is 24.4 Å². The van der Waals surface area contributed by atoms with Crippen LogP contribution in [0, 0.1) is 6.92 Å². The Morgan fingerprint density at radius 2 is 1.67 bits per heavy atom. The van der Waals surface area contributed by atoms with Gasteiger partial charge in [0.15, 0.2) is 0 Å². The van der Waals surface area contributed by atoms with E-state index in [2.05, 4.69) is 6.92 Å². The Bertz CT molecular complexity index is 146. The predicted molar refractivity (Wildman–Crippen MR) is 39.1 cm³/mol. The lowest BCUT2D eigenvalue weighted by Crippen LogP contribution is -2.57. The van der Waals surface area contributed by atoms with Crippen LogP contribution in [-0.2, 0) is 4.74 Å². The molecule has 1 aliphatic rings. The molecule has 1 unspecified atom stereocenters. The number of hydrogen-bond acceptors (Lipinski definition) is 5. The monoisotopic (exact) mass is 177 g/mol. The minimum absolute atomic E-state index is 0.406. The second-order valence-corrected chi connectivity index (χ2v) is 2.87. The van der Waals surface area contributed by atoms with Crippen LogP contribution < -0.4 is 0 Å². The third-order valence-corrected chi connectivity index (χ3v) is 1.99. The lowest BCUT2D eigenvalue weighted by Gasteiger charge is -2.38. The van der Waals surface area contributed by atoms with E-state index in [1.165, 1.54) is 0 Å². The van der Waals surface area contributed by atoms with Gasteiger partial charge in [-0.1, -0.05) is 0 Å².